The maximum absolute atomic E-state index is 10.4. The molecule has 0 amide bonds. The average molecular weight is 306 g/mol. The molecule has 2 atom stereocenters. The minimum atomic E-state index is -0.898. The van der Waals surface area contributed by atoms with Gasteiger partial charge < -0.3 is 20.5 Å². The van der Waals surface area contributed by atoms with Crippen LogP contribution in [0.5, 0.6) is 0 Å². The monoisotopic (exact) mass is 305 g/mol. The molecule has 1 aliphatic heterocycles. The summed E-state index contributed by atoms with van der Waals surface area (Å²) in [7, 11) is 1.73. The molecule has 7 heteroatoms. The van der Waals surface area contributed by atoms with E-state index in [2.05, 4.69) is 15.6 Å². The summed E-state index contributed by atoms with van der Waals surface area (Å²) in [6.07, 6.45) is 0.375. The van der Waals surface area contributed by atoms with Gasteiger partial charge in [-0.2, -0.15) is 0 Å². The molecule has 1 saturated heterocycles. The van der Waals surface area contributed by atoms with Crippen molar-refractivity contribution < 1.29 is 9.84 Å². The summed E-state index contributed by atoms with van der Waals surface area (Å²) < 4.78 is 5.37. The van der Waals surface area contributed by atoms with E-state index in [1.165, 1.54) is 0 Å². The Kier molecular flexibility index (Phi) is 4.40. The number of ether oxygens (including phenoxy) is 1. The highest BCUT2D eigenvalue weighted by Crippen LogP contribution is 2.31. The van der Waals surface area contributed by atoms with Crippen molar-refractivity contribution in [1.82, 2.24) is 4.98 Å². The predicted molar refractivity (Wildman–Crippen MR) is 77.3 cm³/mol. The van der Waals surface area contributed by atoms with Crippen LogP contribution in [0.3, 0.4) is 0 Å². The quantitative estimate of drug-likeness (QED) is 0.797. The van der Waals surface area contributed by atoms with E-state index in [0.717, 1.165) is 0 Å². The van der Waals surface area contributed by atoms with Gasteiger partial charge in [-0.3, -0.25) is 0 Å². The van der Waals surface area contributed by atoms with E-state index in [1.807, 2.05) is 6.92 Å². The van der Waals surface area contributed by atoms with Gasteiger partial charge in [-0.1, -0.05) is 23.2 Å². The van der Waals surface area contributed by atoms with Gasteiger partial charge in [0.25, 0.3) is 0 Å². The highest BCUT2D eigenvalue weighted by atomic mass is 35.5. The van der Waals surface area contributed by atoms with Crippen LogP contribution in [-0.2, 0) is 4.74 Å². The van der Waals surface area contributed by atoms with Crippen LogP contribution in [-0.4, -0.2) is 42.0 Å². The molecule has 2 heterocycles. The molecule has 106 valence electrons. The van der Waals surface area contributed by atoms with Crippen molar-refractivity contribution in [2.45, 2.75) is 25.0 Å². The number of hydrogen-bond acceptors (Lipinski definition) is 5. The molecule has 1 fully saturated rings. The number of anilines is 2. The summed E-state index contributed by atoms with van der Waals surface area (Å²) in [6.45, 7) is 2.74. The van der Waals surface area contributed by atoms with Gasteiger partial charge in [-0.25, -0.2) is 4.98 Å². The lowest BCUT2D eigenvalue weighted by molar-refractivity contribution is -0.0176. The smallest absolute Gasteiger partial charge is 0.147 e. The zero-order valence-electron chi connectivity index (χ0n) is 10.8. The maximum atomic E-state index is 10.4. The topological polar surface area (TPSA) is 66.4 Å². The normalized spacial score (nSPS) is 26.5. The molecular formula is C12H17Cl2N3O2. The van der Waals surface area contributed by atoms with Crippen LogP contribution in [0.25, 0.3) is 0 Å². The molecule has 1 aliphatic rings. The first-order valence-electron chi connectivity index (χ1n) is 6.08. The summed E-state index contributed by atoms with van der Waals surface area (Å²) in [4.78, 5) is 4.27. The van der Waals surface area contributed by atoms with Gasteiger partial charge >= 0.3 is 0 Å². The van der Waals surface area contributed by atoms with Crippen molar-refractivity contribution in [2.24, 2.45) is 0 Å². The lowest BCUT2D eigenvalue weighted by Gasteiger charge is -2.26. The van der Waals surface area contributed by atoms with E-state index < -0.39 is 5.60 Å². The molecule has 0 saturated carbocycles. The van der Waals surface area contributed by atoms with Crippen molar-refractivity contribution in [3.8, 4) is 0 Å². The second-order valence-electron chi connectivity index (χ2n) is 4.62. The fraction of sp³-hybridized carbons (Fsp3) is 0.583. The zero-order valence-corrected chi connectivity index (χ0v) is 12.3. The van der Waals surface area contributed by atoms with Crippen molar-refractivity contribution in [2.75, 3.05) is 30.8 Å². The third-order valence-corrected chi connectivity index (χ3v) is 3.96. The Balaban J connectivity index is 2.11. The number of pyridine rings is 1. The van der Waals surface area contributed by atoms with E-state index in [1.54, 1.807) is 13.1 Å². The molecule has 0 aliphatic carbocycles. The molecule has 0 bridgehead atoms. The third-order valence-electron chi connectivity index (χ3n) is 3.39. The Bertz CT molecular complexity index is 473. The van der Waals surface area contributed by atoms with Crippen molar-refractivity contribution in [3.05, 3.63) is 16.1 Å². The standard InChI is InChI=1S/C12H17Cl2N3O2/c1-7-12(18,3-4-19-7)6-16-11-9(14)5-8(13)10(15-2)17-11/h5,7,18H,3-4,6H2,1-2H3,(H2,15,16,17). The summed E-state index contributed by atoms with van der Waals surface area (Å²) in [5.74, 6) is 1.03. The van der Waals surface area contributed by atoms with E-state index >= 15 is 0 Å². The van der Waals surface area contributed by atoms with Crippen LogP contribution in [0.1, 0.15) is 13.3 Å². The summed E-state index contributed by atoms with van der Waals surface area (Å²) in [6, 6.07) is 1.61. The highest BCUT2D eigenvalue weighted by molar-refractivity contribution is 6.37. The second kappa shape index (κ2) is 5.71. The Hall–Kier alpha value is -0.750. The fourth-order valence-electron chi connectivity index (χ4n) is 2.01. The summed E-state index contributed by atoms with van der Waals surface area (Å²) in [5.41, 5.74) is -0.898. The first kappa shape index (κ1) is 14.7. The summed E-state index contributed by atoms with van der Waals surface area (Å²) in [5, 5.41) is 17.2. The number of hydrogen-bond donors (Lipinski definition) is 3. The SMILES string of the molecule is CNc1nc(NCC2(O)CCOC2C)c(Cl)cc1Cl. The van der Waals surface area contributed by atoms with Crippen LogP contribution in [0.15, 0.2) is 6.07 Å². The number of nitrogens with zero attached hydrogens (tertiary/aromatic N) is 1. The molecule has 0 spiro atoms. The number of aromatic nitrogens is 1. The fourth-order valence-corrected chi connectivity index (χ4v) is 2.53. The Labute approximate surface area is 122 Å². The van der Waals surface area contributed by atoms with Gasteiger partial charge in [0.2, 0.25) is 0 Å². The predicted octanol–water partition coefficient (Wildman–Crippen LogP) is 2.38. The van der Waals surface area contributed by atoms with Gasteiger partial charge in [-0.15, -0.1) is 0 Å². The lowest BCUT2D eigenvalue weighted by atomic mass is 9.97. The first-order valence-corrected chi connectivity index (χ1v) is 6.83. The molecule has 1 aromatic rings. The molecule has 2 unspecified atom stereocenters. The number of rotatable bonds is 4. The van der Waals surface area contributed by atoms with Crippen LogP contribution in [0, 0.1) is 0 Å². The van der Waals surface area contributed by atoms with E-state index in [4.69, 9.17) is 27.9 Å². The highest BCUT2D eigenvalue weighted by Gasteiger charge is 2.39. The molecule has 0 radical (unpaired) electrons. The minimum Gasteiger partial charge on any atom is -0.385 e. The van der Waals surface area contributed by atoms with Crippen LogP contribution in [0.2, 0.25) is 10.0 Å². The van der Waals surface area contributed by atoms with Crippen LogP contribution >= 0.6 is 23.2 Å². The second-order valence-corrected chi connectivity index (χ2v) is 5.43. The average Bonchev–Trinajstić information content (AvgIpc) is 2.69. The maximum Gasteiger partial charge on any atom is 0.147 e. The summed E-state index contributed by atoms with van der Waals surface area (Å²) >= 11 is 12.0. The van der Waals surface area contributed by atoms with Gasteiger partial charge in [0.15, 0.2) is 0 Å². The van der Waals surface area contributed by atoms with Gasteiger partial charge in [-0.05, 0) is 13.0 Å². The minimum absolute atomic E-state index is 0.213. The molecule has 1 aromatic heterocycles. The van der Waals surface area contributed by atoms with Crippen molar-refractivity contribution in [1.29, 1.82) is 0 Å². The van der Waals surface area contributed by atoms with Crippen LogP contribution in [0.4, 0.5) is 11.6 Å². The number of aliphatic hydroxyl groups is 1. The molecule has 0 aromatic carbocycles. The molecule has 19 heavy (non-hydrogen) atoms. The Morgan fingerprint density at radius 3 is 2.74 bits per heavy atom. The number of halogens is 2. The molecule has 5 nitrogen and oxygen atoms in total. The van der Waals surface area contributed by atoms with E-state index in [-0.39, 0.29) is 6.10 Å². The zero-order chi connectivity index (χ0) is 14.0. The first-order chi connectivity index (χ1) is 8.96. The van der Waals surface area contributed by atoms with Gasteiger partial charge in [0.1, 0.15) is 17.2 Å². The van der Waals surface area contributed by atoms with Gasteiger partial charge in [0.05, 0.1) is 16.1 Å². The number of nitrogens with one attached hydrogen (secondary N) is 2. The van der Waals surface area contributed by atoms with Crippen molar-refractivity contribution in [3.63, 3.8) is 0 Å². The van der Waals surface area contributed by atoms with Crippen LogP contribution < -0.4 is 10.6 Å². The molecular weight excluding hydrogens is 289 g/mol. The Morgan fingerprint density at radius 1 is 1.47 bits per heavy atom. The van der Waals surface area contributed by atoms with Gasteiger partial charge in [0, 0.05) is 26.6 Å². The lowest BCUT2D eigenvalue weighted by Crippen LogP contribution is -2.43. The van der Waals surface area contributed by atoms with E-state index in [0.29, 0.717) is 41.3 Å². The largest absolute Gasteiger partial charge is 0.385 e. The molecule has 2 rings (SSSR count). The Morgan fingerprint density at radius 2 is 2.16 bits per heavy atom. The molecule has 3 N–H and O–H groups in total. The van der Waals surface area contributed by atoms with Crippen molar-refractivity contribution >= 4 is 34.8 Å². The van der Waals surface area contributed by atoms with E-state index in [9.17, 15) is 5.11 Å². The third kappa shape index (κ3) is 3.05.